The van der Waals surface area contributed by atoms with Crippen LogP contribution in [0.3, 0.4) is 0 Å². The monoisotopic (exact) mass is 435 g/mol. The highest BCUT2D eigenvalue weighted by Crippen LogP contribution is 2.34. The highest BCUT2D eigenvalue weighted by molar-refractivity contribution is 6.35. The summed E-state index contributed by atoms with van der Waals surface area (Å²) in [6.45, 7) is 5.11. The van der Waals surface area contributed by atoms with Crippen LogP contribution in [0.25, 0.3) is 5.57 Å². The summed E-state index contributed by atoms with van der Waals surface area (Å²) in [5.74, 6) is -0.936. The third-order valence-electron chi connectivity index (χ3n) is 6.47. The Morgan fingerprint density at radius 3 is 2.31 bits per heavy atom. The predicted molar refractivity (Wildman–Crippen MR) is 118 cm³/mol. The van der Waals surface area contributed by atoms with E-state index in [-0.39, 0.29) is 17.6 Å². The summed E-state index contributed by atoms with van der Waals surface area (Å²) in [5, 5.41) is 0. The number of halogens is 1. The van der Waals surface area contributed by atoms with Gasteiger partial charge >= 0.3 is 0 Å². The van der Waals surface area contributed by atoms with Gasteiger partial charge in [0.1, 0.15) is 11.5 Å². The molecular weight excluding hydrogens is 409 g/mol. The Morgan fingerprint density at radius 2 is 1.56 bits per heavy atom. The average molecular weight is 435 g/mol. The number of carbonyl (C=O) groups excluding carboxylic acids is 2. The molecule has 2 amide bonds. The molecule has 0 saturated carbocycles. The van der Waals surface area contributed by atoms with Crippen LogP contribution >= 0.6 is 0 Å². The van der Waals surface area contributed by atoms with E-state index in [1.165, 1.54) is 22.6 Å². The third-order valence-corrected chi connectivity index (χ3v) is 6.47. The molecular formula is C25H26FN3O3. The Kier molecular flexibility index (Phi) is 5.76. The van der Waals surface area contributed by atoms with Crippen LogP contribution in [0.15, 0.2) is 54.2 Å². The zero-order valence-electron chi connectivity index (χ0n) is 17.9. The van der Waals surface area contributed by atoms with Gasteiger partial charge in [0, 0.05) is 39.3 Å². The third kappa shape index (κ3) is 3.94. The number of ether oxygens (including phenoxy) is 1. The van der Waals surface area contributed by atoms with Gasteiger partial charge in [-0.25, -0.2) is 4.39 Å². The summed E-state index contributed by atoms with van der Waals surface area (Å²) >= 11 is 0. The van der Waals surface area contributed by atoms with Gasteiger partial charge < -0.3 is 9.64 Å². The lowest BCUT2D eigenvalue weighted by Gasteiger charge is -2.32. The molecule has 2 aromatic rings. The van der Waals surface area contributed by atoms with Crippen LogP contribution in [-0.2, 0) is 27.3 Å². The first kappa shape index (κ1) is 20.8. The molecule has 0 N–H and O–H groups in total. The number of hydrogen-bond acceptors (Lipinski definition) is 5. The first-order valence-electron chi connectivity index (χ1n) is 11.1. The molecule has 0 aromatic heterocycles. The molecule has 5 rings (SSSR count). The van der Waals surface area contributed by atoms with Crippen molar-refractivity contribution in [1.29, 1.82) is 0 Å². The van der Waals surface area contributed by atoms with E-state index in [0.29, 0.717) is 56.2 Å². The minimum Gasteiger partial charge on any atom is -0.379 e. The molecule has 0 spiro atoms. The Labute approximate surface area is 186 Å². The molecule has 2 aromatic carbocycles. The number of benzene rings is 2. The van der Waals surface area contributed by atoms with E-state index in [9.17, 15) is 14.0 Å². The second-order valence-electron chi connectivity index (χ2n) is 8.39. The summed E-state index contributed by atoms with van der Waals surface area (Å²) in [5.41, 5.74) is 3.81. The summed E-state index contributed by atoms with van der Waals surface area (Å²) in [4.78, 5) is 32.6. The van der Waals surface area contributed by atoms with E-state index in [1.54, 1.807) is 12.1 Å². The van der Waals surface area contributed by atoms with E-state index in [0.717, 1.165) is 25.1 Å². The molecule has 3 aliphatic heterocycles. The van der Waals surface area contributed by atoms with Crippen LogP contribution in [0, 0.1) is 5.82 Å². The quantitative estimate of drug-likeness (QED) is 0.675. The van der Waals surface area contributed by atoms with Gasteiger partial charge in [-0.15, -0.1) is 0 Å². The lowest BCUT2D eigenvalue weighted by molar-refractivity contribution is -0.138. The first-order chi connectivity index (χ1) is 15.6. The van der Waals surface area contributed by atoms with Crippen molar-refractivity contribution in [2.45, 2.75) is 13.0 Å². The van der Waals surface area contributed by atoms with Crippen molar-refractivity contribution >= 4 is 17.4 Å². The van der Waals surface area contributed by atoms with Gasteiger partial charge in [-0.05, 0) is 35.2 Å². The fourth-order valence-electron chi connectivity index (χ4n) is 4.69. The molecule has 3 heterocycles. The highest BCUT2D eigenvalue weighted by atomic mass is 19.1. The number of carbonyl (C=O) groups is 2. The summed E-state index contributed by atoms with van der Waals surface area (Å²) in [6.07, 6.45) is 0.811. The van der Waals surface area contributed by atoms with E-state index < -0.39 is 0 Å². The zero-order chi connectivity index (χ0) is 22.1. The van der Waals surface area contributed by atoms with Gasteiger partial charge in [0.2, 0.25) is 0 Å². The second-order valence-corrected chi connectivity index (χ2v) is 8.39. The molecule has 6 nitrogen and oxygen atoms in total. The van der Waals surface area contributed by atoms with E-state index in [2.05, 4.69) is 17.0 Å². The molecule has 166 valence electrons. The van der Waals surface area contributed by atoms with E-state index in [4.69, 9.17) is 4.74 Å². The van der Waals surface area contributed by atoms with Crippen molar-refractivity contribution in [3.05, 3.63) is 76.7 Å². The number of amides is 2. The van der Waals surface area contributed by atoms with Crippen LogP contribution in [-0.4, -0.2) is 72.5 Å². The second kappa shape index (κ2) is 8.84. The van der Waals surface area contributed by atoms with Crippen molar-refractivity contribution in [3.63, 3.8) is 0 Å². The maximum absolute atomic E-state index is 13.6. The molecule has 1 saturated heterocycles. The maximum Gasteiger partial charge on any atom is 0.277 e. The lowest BCUT2D eigenvalue weighted by Crippen LogP contribution is -2.44. The van der Waals surface area contributed by atoms with Gasteiger partial charge in [0.15, 0.2) is 0 Å². The molecule has 3 aliphatic rings. The Balaban J connectivity index is 1.45. The number of fused-ring (bicyclic) bond motifs is 1. The fraction of sp³-hybridized carbons (Fsp3) is 0.360. The minimum absolute atomic E-state index is 0.262. The molecule has 32 heavy (non-hydrogen) atoms. The van der Waals surface area contributed by atoms with Gasteiger partial charge in [-0.2, -0.15) is 0 Å². The normalized spacial score (nSPS) is 19.7. The van der Waals surface area contributed by atoms with Crippen LogP contribution in [0.1, 0.15) is 16.7 Å². The SMILES string of the molecule is O=C1C(c2ccc(F)cc2)=C(N2CCc3ccccc3C2)C(=O)N1CCN1CCOCC1. The standard InChI is InChI=1S/C25H26FN3O3/c26-21-7-5-19(6-8-21)22-23(28-10-9-18-3-1-2-4-20(18)17-28)25(31)29(24(22)30)12-11-27-13-15-32-16-14-27/h1-8H,9-17H2. The van der Waals surface area contributed by atoms with E-state index >= 15 is 0 Å². The number of nitrogens with zero attached hydrogens (tertiary/aromatic N) is 3. The van der Waals surface area contributed by atoms with Crippen LogP contribution in [0.2, 0.25) is 0 Å². The van der Waals surface area contributed by atoms with Crippen molar-refractivity contribution in [2.24, 2.45) is 0 Å². The molecule has 0 radical (unpaired) electrons. The predicted octanol–water partition coefficient (Wildman–Crippen LogP) is 2.30. The number of rotatable bonds is 5. The lowest BCUT2D eigenvalue weighted by atomic mass is 9.98. The van der Waals surface area contributed by atoms with Gasteiger partial charge in [-0.3, -0.25) is 19.4 Å². The van der Waals surface area contributed by atoms with Gasteiger partial charge in [0.25, 0.3) is 11.8 Å². The highest BCUT2D eigenvalue weighted by Gasteiger charge is 2.42. The van der Waals surface area contributed by atoms with Crippen LogP contribution < -0.4 is 0 Å². The number of imide groups is 1. The zero-order valence-corrected chi connectivity index (χ0v) is 17.9. The topological polar surface area (TPSA) is 53.1 Å². The van der Waals surface area contributed by atoms with Crippen molar-refractivity contribution in [3.8, 4) is 0 Å². The molecule has 0 bridgehead atoms. The summed E-state index contributed by atoms with van der Waals surface area (Å²) < 4.78 is 19.0. The molecule has 7 heteroatoms. The van der Waals surface area contributed by atoms with E-state index in [1.807, 2.05) is 17.0 Å². The van der Waals surface area contributed by atoms with Crippen LogP contribution in [0.4, 0.5) is 4.39 Å². The maximum atomic E-state index is 13.6. The summed E-state index contributed by atoms with van der Waals surface area (Å²) in [7, 11) is 0. The average Bonchev–Trinajstić information content (AvgIpc) is 3.08. The molecule has 0 atom stereocenters. The minimum atomic E-state index is -0.372. The Hall–Kier alpha value is -3.03. The smallest absolute Gasteiger partial charge is 0.277 e. The van der Waals surface area contributed by atoms with Crippen molar-refractivity contribution < 1.29 is 18.7 Å². The number of hydrogen-bond donors (Lipinski definition) is 0. The Morgan fingerprint density at radius 1 is 0.844 bits per heavy atom. The van der Waals surface area contributed by atoms with Crippen LogP contribution in [0.5, 0.6) is 0 Å². The largest absolute Gasteiger partial charge is 0.379 e. The fourth-order valence-corrected chi connectivity index (χ4v) is 4.69. The van der Waals surface area contributed by atoms with Crippen molar-refractivity contribution in [2.75, 3.05) is 45.9 Å². The van der Waals surface area contributed by atoms with Gasteiger partial charge in [-0.1, -0.05) is 36.4 Å². The van der Waals surface area contributed by atoms with Crippen molar-refractivity contribution in [1.82, 2.24) is 14.7 Å². The Bertz CT molecular complexity index is 1060. The molecule has 0 unspecified atom stereocenters. The molecule has 1 fully saturated rings. The number of morpholine rings is 1. The first-order valence-corrected chi connectivity index (χ1v) is 11.1. The molecule has 0 aliphatic carbocycles. The summed E-state index contributed by atoms with van der Waals surface area (Å²) in [6, 6.07) is 14.0. The van der Waals surface area contributed by atoms with Gasteiger partial charge in [0.05, 0.1) is 18.8 Å².